The normalized spacial score (nSPS) is 11.9. The molecule has 5 aromatic rings. The zero-order valence-electron chi connectivity index (χ0n) is 15.6. The molecule has 5 aromatic heterocycles. The topological polar surface area (TPSA) is 90.1 Å². The van der Waals surface area contributed by atoms with E-state index in [4.69, 9.17) is 0 Å². The van der Waals surface area contributed by atoms with Gasteiger partial charge in [-0.1, -0.05) is 0 Å². The molecule has 0 aliphatic heterocycles. The standard InChI is InChI=1S/C19H16F2N8/c1-10-26-14-4-3-13(27-19(14)29(10)8-15(20)21)12-6-22-18-16(12)17(23-9-24-18)11-5-25-28(2)7-11/h3-7,9,15H,8H2,1-2H3,(H,22,23,24). The van der Waals surface area contributed by atoms with Crippen LogP contribution in [-0.2, 0) is 13.6 Å². The molecule has 146 valence electrons. The number of nitrogens with one attached hydrogen (secondary N) is 1. The van der Waals surface area contributed by atoms with Gasteiger partial charge in [-0.2, -0.15) is 5.10 Å². The first-order valence-electron chi connectivity index (χ1n) is 8.95. The summed E-state index contributed by atoms with van der Waals surface area (Å²) >= 11 is 0. The van der Waals surface area contributed by atoms with Gasteiger partial charge in [-0.05, 0) is 19.1 Å². The van der Waals surface area contributed by atoms with Crippen molar-refractivity contribution in [3.05, 3.63) is 42.9 Å². The lowest BCUT2D eigenvalue weighted by molar-refractivity contribution is 0.127. The number of halogens is 2. The summed E-state index contributed by atoms with van der Waals surface area (Å²) < 4.78 is 29.2. The number of nitrogens with zero attached hydrogens (tertiary/aromatic N) is 7. The van der Waals surface area contributed by atoms with E-state index in [0.29, 0.717) is 28.3 Å². The van der Waals surface area contributed by atoms with Crippen LogP contribution in [0.5, 0.6) is 0 Å². The summed E-state index contributed by atoms with van der Waals surface area (Å²) in [5.41, 5.74) is 4.64. The third-order valence-corrected chi connectivity index (χ3v) is 4.83. The lowest BCUT2D eigenvalue weighted by atomic mass is 10.1. The van der Waals surface area contributed by atoms with Crippen LogP contribution in [0.25, 0.3) is 44.7 Å². The first kappa shape index (κ1) is 17.4. The second-order valence-electron chi connectivity index (χ2n) is 6.75. The Bertz CT molecular complexity index is 1350. The van der Waals surface area contributed by atoms with Gasteiger partial charge >= 0.3 is 0 Å². The molecule has 0 atom stereocenters. The summed E-state index contributed by atoms with van der Waals surface area (Å²) in [6.45, 7) is 1.25. The molecule has 0 aliphatic rings. The summed E-state index contributed by atoms with van der Waals surface area (Å²) in [5, 5.41) is 5.01. The highest BCUT2D eigenvalue weighted by molar-refractivity contribution is 6.02. The van der Waals surface area contributed by atoms with Gasteiger partial charge in [0.25, 0.3) is 6.43 Å². The molecule has 5 heterocycles. The third-order valence-electron chi connectivity index (χ3n) is 4.83. The van der Waals surface area contributed by atoms with Crippen molar-refractivity contribution in [2.45, 2.75) is 19.9 Å². The molecular formula is C19H16F2N8. The van der Waals surface area contributed by atoms with Gasteiger partial charge in [0.05, 0.1) is 29.5 Å². The molecule has 29 heavy (non-hydrogen) atoms. The molecule has 10 heteroatoms. The van der Waals surface area contributed by atoms with Crippen LogP contribution in [0.1, 0.15) is 5.82 Å². The fourth-order valence-electron chi connectivity index (χ4n) is 3.55. The number of aromatic amines is 1. The molecule has 0 spiro atoms. The number of rotatable bonds is 4. The summed E-state index contributed by atoms with van der Waals surface area (Å²) in [6, 6.07) is 3.61. The van der Waals surface area contributed by atoms with Crippen LogP contribution >= 0.6 is 0 Å². The smallest absolute Gasteiger partial charge is 0.256 e. The van der Waals surface area contributed by atoms with E-state index in [-0.39, 0.29) is 0 Å². The zero-order chi connectivity index (χ0) is 20.1. The van der Waals surface area contributed by atoms with Crippen molar-refractivity contribution in [1.82, 2.24) is 39.3 Å². The zero-order valence-corrected chi connectivity index (χ0v) is 15.6. The molecule has 0 aromatic carbocycles. The van der Waals surface area contributed by atoms with E-state index in [1.165, 1.54) is 10.9 Å². The minimum Gasteiger partial charge on any atom is -0.345 e. The molecule has 0 unspecified atom stereocenters. The Morgan fingerprint density at radius 2 is 2.03 bits per heavy atom. The van der Waals surface area contributed by atoms with Crippen molar-refractivity contribution in [3.8, 4) is 22.5 Å². The van der Waals surface area contributed by atoms with Gasteiger partial charge in [0.2, 0.25) is 0 Å². The van der Waals surface area contributed by atoms with Crippen LogP contribution in [-0.4, -0.2) is 45.7 Å². The van der Waals surface area contributed by atoms with E-state index in [1.807, 2.05) is 19.3 Å². The summed E-state index contributed by atoms with van der Waals surface area (Å²) in [4.78, 5) is 20.9. The number of imidazole rings is 1. The first-order chi connectivity index (χ1) is 14.0. The lowest BCUT2D eigenvalue weighted by Crippen LogP contribution is -2.08. The maximum atomic E-state index is 13.0. The van der Waals surface area contributed by atoms with Crippen molar-refractivity contribution in [2.75, 3.05) is 0 Å². The molecule has 0 aliphatic carbocycles. The Kier molecular flexibility index (Phi) is 3.86. The van der Waals surface area contributed by atoms with Gasteiger partial charge in [-0.15, -0.1) is 0 Å². The number of pyridine rings is 1. The van der Waals surface area contributed by atoms with Crippen LogP contribution in [0.3, 0.4) is 0 Å². The Labute approximate surface area is 163 Å². The average Bonchev–Trinajstić information content (AvgIpc) is 3.39. The molecular weight excluding hydrogens is 378 g/mol. The number of aromatic nitrogens is 8. The maximum Gasteiger partial charge on any atom is 0.256 e. The number of hydrogen-bond donors (Lipinski definition) is 1. The summed E-state index contributed by atoms with van der Waals surface area (Å²) in [5.74, 6) is 0.503. The number of alkyl halides is 2. The summed E-state index contributed by atoms with van der Waals surface area (Å²) in [6.07, 6.45) is 4.40. The summed E-state index contributed by atoms with van der Waals surface area (Å²) in [7, 11) is 1.84. The molecule has 0 radical (unpaired) electrons. The number of hydrogen-bond acceptors (Lipinski definition) is 5. The van der Waals surface area contributed by atoms with Crippen molar-refractivity contribution >= 4 is 22.2 Å². The second-order valence-corrected chi connectivity index (χ2v) is 6.75. The second kappa shape index (κ2) is 6.43. The molecule has 1 N–H and O–H groups in total. The van der Waals surface area contributed by atoms with E-state index in [9.17, 15) is 8.78 Å². The largest absolute Gasteiger partial charge is 0.345 e. The highest BCUT2D eigenvalue weighted by Crippen LogP contribution is 2.34. The molecule has 0 saturated carbocycles. The van der Waals surface area contributed by atoms with Gasteiger partial charge < -0.3 is 9.55 Å². The number of H-pyrrole nitrogens is 1. The predicted octanol–water partition coefficient (Wildman–Crippen LogP) is 3.34. The highest BCUT2D eigenvalue weighted by Gasteiger charge is 2.18. The average molecular weight is 394 g/mol. The number of aryl methyl sites for hydroxylation is 2. The predicted molar refractivity (Wildman–Crippen MR) is 103 cm³/mol. The van der Waals surface area contributed by atoms with Gasteiger partial charge in [-0.25, -0.2) is 28.7 Å². The molecule has 0 bridgehead atoms. The van der Waals surface area contributed by atoms with Gasteiger partial charge in [0.15, 0.2) is 5.65 Å². The molecule has 0 fully saturated rings. The first-order valence-corrected chi connectivity index (χ1v) is 8.95. The number of fused-ring (bicyclic) bond motifs is 2. The van der Waals surface area contributed by atoms with Gasteiger partial charge in [-0.3, -0.25) is 4.68 Å². The molecule has 0 saturated heterocycles. The van der Waals surface area contributed by atoms with E-state index >= 15 is 0 Å². The lowest BCUT2D eigenvalue weighted by Gasteiger charge is -2.06. The Hall–Kier alpha value is -3.69. The van der Waals surface area contributed by atoms with Crippen molar-refractivity contribution in [1.29, 1.82) is 0 Å². The van der Waals surface area contributed by atoms with E-state index < -0.39 is 13.0 Å². The minimum absolute atomic E-state index is 0.425. The van der Waals surface area contributed by atoms with Crippen LogP contribution in [0.4, 0.5) is 8.78 Å². The van der Waals surface area contributed by atoms with Crippen molar-refractivity contribution in [3.63, 3.8) is 0 Å². The fraction of sp³-hybridized carbons (Fsp3) is 0.211. The van der Waals surface area contributed by atoms with Crippen molar-refractivity contribution in [2.24, 2.45) is 7.05 Å². The van der Waals surface area contributed by atoms with Crippen LogP contribution < -0.4 is 0 Å². The van der Waals surface area contributed by atoms with E-state index in [0.717, 1.165) is 22.2 Å². The van der Waals surface area contributed by atoms with Crippen molar-refractivity contribution < 1.29 is 8.78 Å². The Morgan fingerprint density at radius 1 is 1.17 bits per heavy atom. The quantitative estimate of drug-likeness (QED) is 0.505. The molecule has 0 amide bonds. The molecule has 8 nitrogen and oxygen atoms in total. The Morgan fingerprint density at radius 3 is 2.79 bits per heavy atom. The molecule has 5 rings (SSSR count). The fourth-order valence-corrected chi connectivity index (χ4v) is 3.55. The minimum atomic E-state index is -2.49. The monoisotopic (exact) mass is 394 g/mol. The third kappa shape index (κ3) is 2.84. The van der Waals surface area contributed by atoms with Crippen LogP contribution in [0.15, 0.2) is 37.1 Å². The maximum absolute atomic E-state index is 13.0. The van der Waals surface area contributed by atoms with E-state index in [2.05, 4.69) is 30.0 Å². The van der Waals surface area contributed by atoms with Crippen LogP contribution in [0, 0.1) is 6.92 Å². The highest BCUT2D eigenvalue weighted by atomic mass is 19.3. The van der Waals surface area contributed by atoms with Gasteiger partial charge in [0.1, 0.15) is 23.3 Å². The Balaban J connectivity index is 1.73. The van der Waals surface area contributed by atoms with E-state index in [1.54, 1.807) is 30.1 Å². The SMILES string of the molecule is Cc1nc2ccc(-c3c[nH]c4ncnc(-c5cnn(C)c5)c34)nc2n1CC(F)F. The van der Waals surface area contributed by atoms with Gasteiger partial charge in [0, 0.05) is 30.6 Å². The van der Waals surface area contributed by atoms with Crippen LogP contribution in [0.2, 0.25) is 0 Å².